The maximum absolute atomic E-state index is 11.8. The predicted octanol–water partition coefficient (Wildman–Crippen LogP) is 4.06. The van der Waals surface area contributed by atoms with Gasteiger partial charge in [-0.3, -0.25) is 0 Å². The molecule has 3 aliphatic heterocycles. The molecule has 1 amide bonds. The van der Waals surface area contributed by atoms with E-state index in [-0.39, 0.29) is 12.5 Å². The number of hydrogen-bond donors (Lipinski definition) is 2. The summed E-state index contributed by atoms with van der Waals surface area (Å²) in [6.07, 6.45) is 2.03. The normalized spacial score (nSPS) is 20.9. The molecular weight excluding hydrogens is 530 g/mol. The molecule has 3 aromatic rings. The maximum atomic E-state index is 11.8. The third kappa shape index (κ3) is 5.19. The molecule has 2 saturated heterocycles. The van der Waals surface area contributed by atoms with Gasteiger partial charge in [-0.25, -0.2) is 4.79 Å². The van der Waals surface area contributed by atoms with Gasteiger partial charge in [-0.2, -0.15) is 15.2 Å². The number of nitrogens with one attached hydrogen (secondary N) is 1. The number of carbonyl (C=O) groups is 1. The van der Waals surface area contributed by atoms with Gasteiger partial charge >= 0.3 is 12.1 Å². The van der Waals surface area contributed by atoms with E-state index >= 15 is 0 Å². The lowest BCUT2D eigenvalue weighted by Gasteiger charge is -2.41. The first-order chi connectivity index (χ1) is 19.5. The Bertz CT molecular complexity index is 1450. The maximum Gasteiger partial charge on any atom is 0.407 e. The largest absolute Gasteiger partial charge is 0.465 e. The van der Waals surface area contributed by atoms with Gasteiger partial charge in [-0.05, 0) is 43.3 Å². The minimum atomic E-state index is -0.998. The average molecular weight is 562 g/mol. The fourth-order valence-electron chi connectivity index (χ4n) is 6.11. The molecule has 4 heterocycles. The van der Waals surface area contributed by atoms with E-state index in [1.807, 2.05) is 12.1 Å². The number of carboxylic acid groups (broad SMARTS) is 1. The van der Waals surface area contributed by atoms with Crippen molar-refractivity contribution in [2.45, 2.75) is 44.3 Å². The van der Waals surface area contributed by atoms with Crippen LogP contribution in [0.25, 0.3) is 10.8 Å². The highest BCUT2D eigenvalue weighted by Gasteiger charge is 2.34. The van der Waals surface area contributed by atoms with Crippen molar-refractivity contribution in [1.29, 1.82) is 5.26 Å². The van der Waals surface area contributed by atoms with E-state index in [0.29, 0.717) is 38.8 Å². The molecular formula is C29H32ClN7O3. The van der Waals surface area contributed by atoms with Crippen molar-refractivity contribution in [2.75, 3.05) is 49.1 Å². The van der Waals surface area contributed by atoms with Crippen LogP contribution in [0.5, 0.6) is 6.01 Å². The number of aromatic nitrogens is 2. The summed E-state index contributed by atoms with van der Waals surface area (Å²) in [7, 11) is 0. The minimum absolute atomic E-state index is 0.127. The molecule has 11 heteroatoms. The first-order valence-electron chi connectivity index (χ1n) is 13.8. The summed E-state index contributed by atoms with van der Waals surface area (Å²) in [6.45, 7) is 4.01. The molecule has 0 bridgehead atoms. The molecule has 2 fully saturated rings. The highest BCUT2D eigenvalue weighted by molar-refractivity contribution is 6.36. The molecule has 208 valence electrons. The summed E-state index contributed by atoms with van der Waals surface area (Å²) in [4.78, 5) is 27.3. The van der Waals surface area contributed by atoms with Gasteiger partial charge in [-0.1, -0.05) is 35.9 Å². The van der Waals surface area contributed by atoms with Gasteiger partial charge in [-0.15, -0.1) is 0 Å². The SMILES string of the molecule is N#CC[C@H]1CN(c2nc(OC[C@@H]3CCCN3)nc3c2CCN(c2cccc4cccc(Cl)c24)C3)CCN1C(=O)O. The average Bonchev–Trinajstić information content (AvgIpc) is 3.49. The Kier molecular flexibility index (Phi) is 7.50. The molecule has 2 N–H and O–H groups in total. The molecule has 3 aliphatic rings. The number of halogens is 1. The number of benzene rings is 2. The lowest BCUT2D eigenvalue weighted by Crippen LogP contribution is -2.55. The third-order valence-corrected chi connectivity index (χ3v) is 8.44. The first kappa shape index (κ1) is 26.4. The van der Waals surface area contributed by atoms with Gasteiger partial charge < -0.3 is 29.9 Å². The second-order valence-electron chi connectivity index (χ2n) is 10.6. The molecule has 0 aliphatic carbocycles. The quantitative estimate of drug-likeness (QED) is 0.459. The van der Waals surface area contributed by atoms with Crippen molar-refractivity contribution in [2.24, 2.45) is 0 Å². The standard InChI is InChI=1S/C29H32ClN7O3/c30-23-7-1-4-19-5-2-8-25(26(19)23)35-13-10-22-24(17-35)33-28(40-18-20-6-3-12-32-20)34-27(22)36-14-15-37(29(38)39)21(16-36)9-11-31/h1-2,4-5,7-8,20-21,32H,3,6,9-10,12-18H2,(H,38,39)/t20-,21-/m0/s1. The van der Waals surface area contributed by atoms with Gasteiger partial charge in [0.1, 0.15) is 12.4 Å². The molecule has 6 rings (SSSR count). The Balaban J connectivity index is 1.34. The summed E-state index contributed by atoms with van der Waals surface area (Å²) in [5.41, 5.74) is 3.01. The second-order valence-corrected chi connectivity index (χ2v) is 11.0. The lowest BCUT2D eigenvalue weighted by molar-refractivity contribution is 0.119. The van der Waals surface area contributed by atoms with Crippen LogP contribution in [0.3, 0.4) is 0 Å². The van der Waals surface area contributed by atoms with Gasteiger partial charge in [0.25, 0.3) is 0 Å². The van der Waals surface area contributed by atoms with Crippen LogP contribution < -0.4 is 19.9 Å². The zero-order valence-corrected chi connectivity index (χ0v) is 23.0. The molecule has 40 heavy (non-hydrogen) atoms. The molecule has 1 aromatic heterocycles. The van der Waals surface area contributed by atoms with Gasteiger partial charge in [0.15, 0.2) is 0 Å². The van der Waals surface area contributed by atoms with E-state index in [4.69, 9.17) is 26.3 Å². The minimum Gasteiger partial charge on any atom is -0.465 e. The Morgan fingerprint density at radius 3 is 2.80 bits per heavy atom. The highest BCUT2D eigenvalue weighted by Crippen LogP contribution is 2.37. The number of rotatable bonds is 6. The van der Waals surface area contributed by atoms with Gasteiger partial charge in [0.2, 0.25) is 0 Å². The van der Waals surface area contributed by atoms with Crippen molar-refractivity contribution >= 4 is 40.0 Å². The van der Waals surface area contributed by atoms with Crippen molar-refractivity contribution in [3.8, 4) is 12.1 Å². The number of piperazine rings is 1. The Morgan fingerprint density at radius 1 is 1.18 bits per heavy atom. The summed E-state index contributed by atoms with van der Waals surface area (Å²) in [5.74, 6) is 0.781. The smallest absolute Gasteiger partial charge is 0.407 e. The van der Waals surface area contributed by atoms with Crippen LogP contribution in [0.1, 0.15) is 30.5 Å². The van der Waals surface area contributed by atoms with Crippen LogP contribution in [0, 0.1) is 11.3 Å². The topological polar surface area (TPSA) is 118 Å². The van der Waals surface area contributed by atoms with Gasteiger partial charge in [0.05, 0.1) is 35.8 Å². The van der Waals surface area contributed by atoms with E-state index < -0.39 is 12.1 Å². The summed E-state index contributed by atoms with van der Waals surface area (Å²) in [5, 5.41) is 25.3. The van der Waals surface area contributed by atoms with Crippen LogP contribution in [-0.2, 0) is 13.0 Å². The third-order valence-electron chi connectivity index (χ3n) is 8.13. The number of hydrogen-bond acceptors (Lipinski definition) is 8. The number of amides is 1. The van der Waals surface area contributed by atoms with Crippen molar-refractivity contribution in [3.63, 3.8) is 0 Å². The van der Waals surface area contributed by atoms with E-state index in [1.54, 1.807) is 0 Å². The number of ether oxygens (including phenoxy) is 1. The fourth-order valence-corrected chi connectivity index (χ4v) is 6.39. The van der Waals surface area contributed by atoms with Crippen molar-refractivity contribution in [1.82, 2.24) is 20.2 Å². The second kappa shape index (κ2) is 11.4. The fraction of sp³-hybridized carbons (Fsp3) is 0.448. The van der Waals surface area contributed by atoms with Crippen molar-refractivity contribution in [3.05, 3.63) is 52.7 Å². The molecule has 2 aromatic carbocycles. The predicted molar refractivity (Wildman–Crippen MR) is 153 cm³/mol. The summed E-state index contributed by atoms with van der Waals surface area (Å²) < 4.78 is 6.14. The van der Waals surface area contributed by atoms with E-state index in [0.717, 1.165) is 70.9 Å². The number of fused-ring (bicyclic) bond motifs is 2. The van der Waals surface area contributed by atoms with Crippen LogP contribution in [0.4, 0.5) is 16.3 Å². The van der Waals surface area contributed by atoms with Crippen molar-refractivity contribution < 1.29 is 14.6 Å². The zero-order chi connectivity index (χ0) is 27.6. The molecule has 10 nitrogen and oxygen atoms in total. The number of nitriles is 1. The highest BCUT2D eigenvalue weighted by atomic mass is 35.5. The van der Waals surface area contributed by atoms with E-state index in [1.165, 1.54) is 4.90 Å². The molecule has 0 radical (unpaired) electrons. The Morgan fingerprint density at radius 2 is 2.02 bits per heavy atom. The van der Waals surface area contributed by atoms with Crippen LogP contribution in [-0.4, -0.2) is 77.5 Å². The number of anilines is 2. The Hall–Kier alpha value is -3.81. The molecule has 0 saturated carbocycles. The summed E-state index contributed by atoms with van der Waals surface area (Å²) in [6, 6.07) is 14.5. The number of nitrogens with zero attached hydrogens (tertiary/aromatic N) is 6. The van der Waals surface area contributed by atoms with Crippen LogP contribution in [0.15, 0.2) is 36.4 Å². The van der Waals surface area contributed by atoms with E-state index in [2.05, 4.69) is 45.5 Å². The van der Waals surface area contributed by atoms with Crippen LogP contribution in [0.2, 0.25) is 5.02 Å². The molecule has 0 spiro atoms. The Labute approximate surface area is 238 Å². The molecule has 2 atom stereocenters. The lowest BCUT2D eigenvalue weighted by atomic mass is 10.0. The molecule has 0 unspecified atom stereocenters. The summed E-state index contributed by atoms with van der Waals surface area (Å²) >= 11 is 6.66. The zero-order valence-electron chi connectivity index (χ0n) is 22.2. The monoisotopic (exact) mass is 561 g/mol. The van der Waals surface area contributed by atoms with Gasteiger partial charge in [0, 0.05) is 48.9 Å². The first-order valence-corrected chi connectivity index (χ1v) is 14.2. The van der Waals surface area contributed by atoms with E-state index in [9.17, 15) is 15.2 Å². The van der Waals surface area contributed by atoms with Crippen LogP contribution >= 0.6 is 11.6 Å².